The summed E-state index contributed by atoms with van der Waals surface area (Å²) in [5.74, 6) is 1.16. The standard InChI is InChI=1S/C23H32N3O9PS.C10H14N2O6.C8H16O3PS.C7H14O2S/c1-22(2,3)20(29)37-13-12-33-36(32,25-15-8-6-5-7-9-15)34-14-16-18(28)23(4,31)19(35-16)26-11-10-17(27)24-21(26)30;1-10(17)7(15)5(4-13)18-8(10)12-3-2-6(14)11-9(12)16;1-8(2,3)7(9)13-6-5-11-12(4)10;1-7(2,3)6(9)10-5-4-8/h5-11,16,18-19,28,31H,12-14H2,1-4H3,(H,25,32)(H,24,27,30);2-3,5,7-8,13,15,17H,4H2,1H3,(H,11,14,16);5-6H2,1-4H3;8H,4-5H2,1-3H3/q;;+1;/t16-,18-,19-,23-,36?;5-,7-,8-,10-;;/m11../s1/i10D,14D2;2D,4D2;;. The van der Waals surface area contributed by atoms with Gasteiger partial charge >= 0.3 is 27.2 Å². The molecule has 0 aliphatic carbocycles. The molecule has 1 aromatic carbocycles. The SMILES string of the molecule is CC(C)(C)C(=O)SCCO.C[P+](=O)OCCSC(=O)C(C)(C)C.[2H]c1cn([C@@H]2O[C@H](C([2H])([2H])O)[C@@H](O)[C@@]2(C)O)c(=O)[nH]c1=O.[2H]c1cn([C@@H]2O[C@H](C([2H])([2H])OP(=O)(Nc3ccccc3)OCCSC(=O)C(C)(C)C)[C@@H](O)[C@@]2(C)O)c(=O)[nH]c1=O. The summed E-state index contributed by atoms with van der Waals surface area (Å²) in [5.41, 5.74) is -9.43. The Morgan fingerprint density at radius 3 is 1.55 bits per heavy atom. The monoisotopic (exact) mass is 1210 g/mol. The van der Waals surface area contributed by atoms with Crippen LogP contribution < -0.4 is 27.6 Å². The number of para-hydroxylation sites is 1. The summed E-state index contributed by atoms with van der Waals surface area (Å²) < 4.78 is 97.9. The maximum atomic E-state index is 13.7. The summed E-state index contributed by atoms with van der Waals surface area (Å²) in [4.78, 5) is 85.1. The number of anilines is 1. The van der Waals surface area contributed by atoms with Gasteiger partial charge in [0.1, 0.15) is 42.2 Å². The summed E-state index contributed by atoms with van der Waals surface area (Å²) >= 11 is 3.37. The van der Waals surface area contributed by atoms with Gasteiger partial charge in [-0.1, -0.05) is 116 Å². The van der Waals surface area contributed by atoms with E-state index in [0.29, 0.717) is 27.2 Å². The number of aliphatic hydroxyl groups excluding tert-OH is 3. The van der Waals surface area contributed by atoms with Crippen molar-refractivity contribution in [2.45, 2.75) is 124 Å². The van der Waals surface area contributed by atoms with Gasteiger partial charge in [0.25, 0.3) is 11.1 Å². The molecule has 2 aliphatic rings. The topological polar surface area (TPSA) is 375 Å². The average molecular weight is 1210 g/mol. The molecule has 2 saturated heterocycles. The molecule has 2 aromatic heterocycles. The first-order valence-electron chi connectivity index (χ1n) is 26.6. The Balaban J connectivity index is 0.000000452. The second-order valence-electron chi connectivity index (χ2n) is 20.3. The zero-order valence-electron chi connectivity index (χ0n) is 51.2. The van der Waals surface area contributed by atoms with E-state index in [2.05, 4.69) is 5.09 Å². The highest BCUT2D eigenvalue weighted by Crippen LogP contribution is 2.49. The number of carbonyl (C=O) groups is 3. The molecule has 3 aromatic rings. The molecule has 78 heavy (non-hydrogen) atoms. The third-order valence-corrected chi connectivity index (χ3v) is 15.9. The highest BCUT2D eigenvalue weighted by atomic mass is 32.2. The van der Waals surface area contributed by atoms with E-state index in [9.17, 15) is 68.2 Å². The molecule has 10 atom stereocenters. The van der Waals surface area contributed by atoms with Crippen LogP contribution in [0.15, 0.2) is 74.0 Å². The first kappa shape index (κ1) is 60.4. The molecule has 2 unspecified atom stereocenters. The Bertz CT molecular complexity index is 3020. The van der Waals surface area contributed by atoms with E-state index in [1.165, 1.54) is 42.3 Å². The van der Waals surface area contributed by atoms with Crippen molar-refractivity contribution >= 4 is 72.1 Å². The van der Waals surface area contributed by atoms with Crippen molar-refractivity contribution in [2.75, 3.05) is 61.9 Å². The molecular formula is C48H76N5O20P2S3+. The third kappa shape index (κ3) is 22.3. The number of nitrogens with zero attached hydrogens (tertiary/aromatic N) is 2. The summed E-state index contributed by atoms with van der Waals surface area (Å²) in [6.07, 6.45) is -9.50. The van der Waals surface area contributed by atoms with Crippen LogP contribution in [0.5, 0.6) is 0 Å². The zero-order valence-corrected chi connectivity index (χ0v) is 49.4. The van der Waals surface area contributed by atoms with E-state index in [1.54, 1.807) is 39.0 Å². The van der Waals surface area contributed by atoms with Gasteiger partial charge in [0.05, 0.1) is 34.6 Å². The number of ether oxygens (including phenoxy) is 2. The first-order valence-corrected chi connectivity index (χ1v) is 29.7. The van der Waals surface area contributed by atoms with E-state index in [1.807, 2.05) is 51.5 Å². The van der Waals surface area contributed by atoms with E-state index in [-0.39, 0.29) is 50.8 Å². The van der Waals surface area contributed by atoms with Gasteiger partial charge in [-0.2, -0.15) is 0 Å². The minimum Gasteiger partial charge on any atom is -0.396 e. The van der Waals surface area contributed by atoms with Gasteiger partial charge in [0.2, 0.25) is 0 Å². The lowest BCUT2D eigenvalue weighted by Gasteiger charge is -2.27. The summed E-state index contributed by atoms with van der Waals surface area (Å²) in [6, 6.07) is 6.74. The van der Waals surface area contributed by atoms with Crippen LogP contribution in [0.2, 0.25) is 0 Å². The maximum absolute atomic E-state index is 13.7. The minimum absolute atomic E-state index is 0.0759. The van der Waals surface area contributed by atoms with E-state index in [4.69, 9.17) is 36.4 Å². The number of aliphatic hydroxyl groups is 6. The number of aromatic nitrogens is 4. The van der Waals surface area contributed by atoms with Crippen LogP contribution in [0.1, 0.15) is 96.8 Å². The number of nitrogens with one attached hydrogen (secondary N) is 3. The summed E-state index contributed by atoms with van der Waals surface area (Å²) in [7, 11) is -6.10. The van der Waals surface area contributed by atoms with Gasteiger partial charge in [-0.05, 0) is 30.5 Å². The number of aromatic amines is 2. The van der Waals surface area contributed by atoms with Crippen LogP contribution in [-0.2, 0) is 46.6 Å². The van der Waals surface area contributed by atoms with Crippen LogP contribution in [-0.4, -0.2) is 158 Å². The molecular weight excluding hydrogens is 1120 g/mol. The summed E-state index contributed by atoms with van der Waals surface area (Å²) in [5, 5.41) is 62.3. The zero-order chi connectivity index (χ0) is 64.9. The molecule has 25 nitrogen and oxygen atoms in total. The van der Waals surface area contributed by atoms with Crippen molar-refractivity contribution in [1.29, 1.82) is 0 Å². The van der Waals surface area contributed by atoms with Gasteiger partial charge in [0, 0.05) is 63.7 Å². The van der Waals surface area contributed by atoms with Gasteiger partial charge in [-0.15, -0.1) is 4.52 Å². The van der Waals surface area contributed by atoms with Crippen molar-refractivity contribution < 1.29 is 85.4 Å². The number of H-pyrrole nitrogens is 2. The number of benzene rings is 1. The van der Waals surface area contributed by atoms with Crippen LogP contribution >= 0.6 is 51.1 Å². The minimum atomic E-state index is -4.57. The molecule has 5 rings (SSSR count). The molecule has 0 saturated carbocycles. The second-order valence-corrected chi connectivity index (χ2v) is 26.3. The third-order valence-electron chi connectivity index (χ3n) is 10.2. The Kier molecular flexibility index (Phi) is 24.0. The first-order chi connectivity index (χ1) is 38.1. The van der Waals surface area contributed by atoms with E-state index >= 15 is 0 Å². The molecule has 9 N–H and O–H groups in total. The largest absolute Gasteiger partial charge is 0.504 e. The van der Waals surface area contributed by atoms with Crippen LogP contribution in [0.3, 0.4) is 0 Å². The Hall–Kier alpha value is -3.67. The normalized spacial score (nSPS) is 25.5. The number of rotatable bonds is 18. The fraction of sp³-hybridized carbons (Fsp3) is 0.646. The molecule has 4 heterocycles. The number of hydrogen-bond acceptors (Lipinski definition) is 23. The lowest BCUT2D eigenvalue weighted by Crippen LogP contribution is -2.46. The maximum Gasteiger partial charge on any atom is 0.504 e. The predicted molar refractivity (Wildman–Crippen MR) is 298 cm³/mol. The molecule has 0 amide bonds. The summed E-state index contributed by atoms with van der Waals surface area (Å²) in [6.45, 7) is 14.2. The van der Waals surface area contributed by atoms with Gasteiger partial charge in [-0.25, -0.2) is 14.2 Å². The quantitative estimate of drug-likeness (QED) is 0.0649. The number of carbonyl (C=O) groups excluding carboxylic acids is 3. The molecule has 0 spiro atoms. The number of thioether (sulfide) groups is 3. The molecule has 2 fully saturated rings. The molecule has 2 aliphatic heterocycles. The Labute approximate surface area is 473 Å². The average Bonchev–Trinajstić information content (AvgIpc) is 3.83. The molecule has 0 bridgehead atoms. The van der Waals surface area contributed by atoms with Gasteiger partial charge in [-0.3, -0.25) is 57.2 Å². The predicted octanol–water partition coefficient (Wildman–Crippen LogP) is 3.61. The highest BCUT2D eigenvalue weighted by Gasteiger charge is 2.55. The van der Waals surface area contributed by atoms with Crippen LogP contribution in [0, 0.1) is 16.2 Å². The highest BCUT2D eigenvalue weighted by molar-refractivity contribution is 8.14. The van der Waals surface area contributed by atoms with Crippen molar-refractivity contribution in [3.63, 3.8) is 0 Å². The second kappa shape index (κ2) is 31.0. The van der Waals surface area contributed by atoms with Crippen molar-refractivity contribution in [1.82, 2.24) is 19.1 Å². The van der Waals surface area contributed by atoms with Gasteiger partial charge in [0.15, 0.2) is 34.5 Å². The molecule has 0 radical (unpaired) electrons. The van der Waals surface area contributed by atoms with Crippen molar-refractivity contribution in [2.24, 2.45) is 16.2 Å². The molecule has 30 heteroatoms. The van der Waals surface area contributed by atoms with Crippen LogP contribution in [0.25, 0.3) is 0 Å². The fourth-order valence-corrected chi connectivity index (χ4v) is 9.94. The Morgan fingerprint density at radius 2 is 1.15 bits per heavy atom. The lowest BCUT2D eigenvalue weighted by atomic mass is 9.96. The van der Waals surface area contributed by atoms with E-state index in [0.717, 1.165) is 38.0 Å². The Morgan fingerprint density at radius 1 is 0.744 bits per heavy atom. The van der Waals surface area contributed by atoms with E-state index < -0.39 is 117 Å². The van der Waals surface area contributed by atoms with Crippen LogP contribution in [0.4, 0.5) is 5.69 Å². The lowest BCUT2D eigenvalue weighted by molar-refractivity contribution is -0.118. The van der Waals surface area contributed by atoms with Gasteiger partial charge < -0.3 is 40.1 Å². The van der Waals surface area contributed by atoms with Crippen molar-refractivity contribution in [3.05, 3.63) is 96.5 Å². The number of hydrogen-bond donors (Lipinski definition) is 9. The van der Waals surface area contributed by atoms with Crippen molar-refractivity contribution in [3.8, 4) is 0 Å². The molecule has 440 valence electrons. The smallest absolute Gasteiger partial charge is 0.396 e. The fourth-order valence-electron chi connectivity index (χ4n) is 5.87.